The lowest BCUT2D eigenvalue weighted by Gasteiger charge is -2.28. The standard InChI is InChI=1S/C18H24N2O2S/c1-12-4-5-16(13(2)10-12)19-18-20(14(3)11-23-18)17(21)15-6-8-22-9-7-15/h4-5,10,14-15H,6-9,11H2,1-3H3/t14-/m0/s1. The van der Waals surface area contributed by atoms with E-state index in [-0.39, 0.29) is 17.9 Å². The second kappa shape index (κ2) is 7.05. The number of rotatable bonds is 2. The van der Waals surface area contributed by atoms with Crippen LogP contribution >= 0.6 is 11.8 Å². The van der Waals surface area contributed by atoms with Crippen LogP contribution in [-0.2, 0) is 9.53 Å². The highest BCUT2D eigenvalue weighted by Crippen LogP contribution is 2.31. The van der Waals surface area contributed by atoms with Crippen molar-refractivity contribution in [3.8, 4) is 0 Å². The zero-order chi connectivity index (χ0) is 16.4. The fourth-order valence-electron chi connectivity index (χ4n) is 3.10. The Hall–Kier alpha value is -1.33. The van der Waals surface area contributed by atoms with Crippen LogP contribution in [-0.4, -0.2) is 41.0 Å². The van der Waals surface area contributed by atoms with Gasteiger partial charge in [-0.25, -0.2) is 4.99 Å². The fourth-order valence-corrected chi connectivity index (χ4v) is 4.21. The molecule has 0 saturated carbocycles. The molecule has 1 atom stereocenters. The maximum absolute atomic E-state index is 12.9. The Bertz CT molecular complexity index is 623. The Kier molecular flexibility index (Phi) is 5.07. The molecule has 5 heteroatoms. The molecule has 2 fully saturated rings. The summed E-state index contributed by atoms with van der Waals surface area (Å²) in [5.41, 5.74) is 3.34. The van der Waals surface area contributed by atoms with Crippen LogP contribution in [0.1, 0.15) is 30.9 Å². The zero-order valence-corrected chi connectivity index (χ0v) is 14.9. The number of amides is 1. The number of thioether (sulfide) groups is 1. The van der Waals surface area contributed by atoms with Gasteiger partial charge in [0.05, 0.1) is 5.69 Å². The molecule has 0 N–H and O–H groups in total. The van der Waals surface area contributed by atoms with E-state index in [2.05, 4.69) is 32.9 Å². The first-order valence-corrected chi connectivity index (χ1v) is 9.24. The van der Waals surface area contributed by atoms with Crippen molar-refractivity contribution in [3.63, 3.8) is 0 Å². The molecule has 124 valence electrons. The highest BCUT2D eigenvalue weighted by molar-refractivity contribution is 8.14. The van der Waals surface area contributed by atoms with E-state index in [9.17, 15) is 4.79 Å². The molecule has 2 aliphatic heterocycles. The van der Waals surface area contributed by atoms with Gasteiger partial charge in [0.2, 0.25) is 5.91 Å². The fraction of sp³-hybridized carbons (Fsp3) is 0.556. The van der Waals surface area contributed by atoms with Crippen molar-refractivity contribution in [2.45, 2.75) is 39.7 Å². The Morgan fingerprint density at radius 3 is 2.74 bits per heavy atom. The molecule has 2 saturated heterocycles. The number of ether oxygens (including phenoxy) is 1. The maximum Gasteiger partial charge on any atom is 0.232 e. The number of benzene rings is 1. The Morgan fingerprint density at radius 1 is 1.30 bits per heavy atom. The second-order valence-electron chi connectivity index (χ2n) is 6.44. The van der Waals surface area contributed by atoms with E-state index in [1.807, 2.05) is 11.0 Å². The quantitative estimate of drug-likeness (QED) is 0.829. The van der Waals surface area contributed by atoms with Crippen molar-refractivity contribution in [1.29, 1.82) is 0 Å². The van der Waals surface area contributed by atoms with Crippen LogP contribution in [0.4, 0.5) is 5.69 Å². The molecule has 0 radical (unpaired) electrons. The minimum absolute atomic E-state index is 0.0780. The molecule has 2 heterocycles. The van der Waals surface area contributed by atoms with Crippen LogP contribution in [0.15, 0.2) is 23.2 Å². The molecule has 1 aromatic carbocycles. The number of aliphatic imine (C=N–C) groups is 1. The average molecular weight is 332 g/mol. The van der Waals surface area contributed by atoms with Gasteiger partial charge in [-0.2, -0.15) is 0 Å². The first-order chi connectivity index (χ1) is 11.1. The Morgan fingerprint density at radius 2 is 2.04 bits per heavy atom. The highest BCUT2D eigenvalue weighted by atomic mass is 32.2. The van der Waals surface area contributed by atoms with E-state index in [4.69, 9.17) is 9.73 Å². The SMILES string of the molecule is Cc1ccc(N=C2SC[C@H](C)N2C(=O)C2CCOCC2)c(C)c1. The van der Waals surface area contributed by atoms with Gasteiger partial charge < -0.3 is 4.74 Å². The highest BCUT2D eigenvalue weighted by Gasteiger charge is 2.36. The number of nitrogens with zero attached hydrogens (tertiary/aromatic N) is 2. The Balaban J connectivity index is 1.85. The molecular weight excluding hydrogens is 308 g/mol. The van der Waals surface area contributed by atoms with Gasteiger partial charge in [-0.3, -0.25) is 9.69 Å². The number of amidine groups is 1. The van der Waals surface area contributed by atoms with E-state index >= 15 is 0 Å². The molecule has 1 amide bonds. The van der Waals surface area contributed by atoms with E-state index in [0.717, 1.165) is 35.0 Å². The molecule has 0 aromatic heterocycles. The lowest BCUT2D eigenvalue weighted by molar-refractivity contribution is -0.135. The predicted octanol–water partition coefficient (Wildman–Crippen LogP) is 3.68. The van der Waals surface area contributed by atoms with Gasteiger partial charge in [-0.15, -0.1) is 0 Å². The van der Waals surface area contributed by atoms with Gasteiger partial charge in [0.15, 0.2) is 5.17 Å². The summed E-state index contributed by atoms with van der Waals surface area (Å²) in [6.45, 7) is 7.64. The minimum Gasteiger partial charge on any atom is -0.381 e. The molecule has 3 rings (SSSR count). The summed E-state index contributed by atoms with van der Waals surface area (Å²) in [5.74, 6) is 1.21. The molecule has 0 unspecified atom stereocenters. The van der Waals surface area contributed by atoms with E-state index in [1.54, 1.807) is 11.8 Å². The van der Waals surface area contributed by atoms with Crippen molar-refractivity contribution in [2.24, 2.45) is 10.9 Å². The lowest BCUT2D eigenvalue weighted by Crippen LogP contribution is -2.43. The van der Waals surface area contributed by atoms with Gasteiger partial charge in [0.25, 0.3) is 0 Å². The van der Waals surface area contributed by atoms with Crippen molar-refractivity contribution < 1.29 is 9.53 Å². The van der Waals surface area contributed by atoms with Crippen LogP contribution in [0.3, 0.4) is 0 Å². The van der Waals surface area contributed by atoms with Crippen LogP contribution in [0.5, 0.6) is 0 Å². The van der Waals surface area contributed by atoms with Crippen LogP contribution < -0.4 is 0 Å². The van der Waals surface area contributed by atoms with Crippen molar-refractivity contribution in [2.75, 3.05) is 19.0 Å². The topological polar surface area (TPSA) is 41.9 Å². The molecule has 0 bridgehead atoms. The largest absolute Gasteiger partial charge is 0.381 e. The van der Waals surface area contributed by atoms with Crippen LogP contribution in [0.25, 0.3) is 0 Å². The summed E-state index contributed by atoms with van der Waals surface area (Å²) >= 11 is 1.68. The summed E-state index contributed by atoms with van der Waals surface area (Å²) in [7, 11) is 0. The maximum atomic E-state index is 12.9. The normalized spacial score (nSPS) is 24.4. The van der Waals surface area contributed by atoms with E-state index in [1.165, 1.54) is 5.56 Å². The van der Waals surface area contributed by atoms with E-state index < -0.39 is 0 Å². The summed E-state index contributed by atoms with van der Waals surface area (Å²) in [5, 5.41) is 0.848. The smallest absolute Gasteiger partial charge is 0.232 e. The van der Waals surface area contributed by atoms with E-state index in [0.29, 0.717) is 13.2 Å². The molecule has 1 aromatic rings. The first kappa shape index (κ1) is 16.5. The van der Waals surface area contributed by atoms with Gasteiger partial charge >= 0.3 is 0 Å². The molecule has 2 aliphatic rings. The average Bonchev–Trinajstić information content (AvgIpc) is 2.91. The van der Waals surface area contributed by atoms with Crippen LogP contribution in [0.2, 0.25) is 0 Å². The second-order valence-corrected chi connectivity index (χ2v) is 7.43. The molecule has 4 nitrogen and oxygen atoms in total. The van der Waals surface area contributed by atoms with Gasteiger partial charge in [0.1, 0.15) is 0 Å². The predicted molar refractivity (Wildman–Crippen MR) is 95.3 cm³/mol. The number of carbonyl (C=O) groups is 1. The third-order valence-electron chi connectivity index (χ3n) is 4.48. The number of carbonyl (C=O) groups excluding carboxylic acids is 1. The molecule has 23 heavy (non-hydrogen) atoms. The lowest BCUT2D eigenvalue weighted by atomic mass is 9.98. The summed E-state index contributed by atoms with van der Waals surface area (Å²) in [6, 6.07) is 6.45. The van der Waals surface area contributed by atoms with Gasteiger partial charge in [-0.05, 0) is 45.2 Å². The number of hydrogen-bond acceptors (Lipinski definition) is 4. The third kappa shape index (κ3) is 3.61. The summed E-state index contributed by atoms with van der Waals surface area (Å²) in [6.07, 6.45) is 1.65. The van der Waals surface area contributed by atoms with Crippen molar-refractivity contribution in [3.05, 3.63) is 29.3 Å². The third-order valence-corrected chi connectivity index (χ3v) is 5.67. The number of hydrogen-bond donors (Lipinski definition) is 0. The monoisotopic (exact) mass is 332 g/mol. The van der Waals surface area contributed by atoms with Crippen molar-refractivity contribution in [1.82, 2.24) is 4.90 Å². The number of aryl methyl sites for hydroxylation is 2. The summed E-state index contributed by atoms with van der Waals surface area (Å²) < 4.78 is 5.38. The summed E-state index contributed by atoms with van der Waals surface area (Å²) in [4.78, 5) is 19.6. The molecule has 0 spiro atoms. The van der Waals surface area contributed by atoms with Gasteiger partial charge in [-0.1, -0.05) is 29.5 Å². The molecular formula is C18H24N2O2S. The Labute approximate surface area is 142 Å². The molecule has 0 aliphatic carbocycles. The minimum atomic E-state index is 0.0780. The van der Waals surface area contributed by atoms with Gasteiger partial charge in [0, 0.05) is 30.9 Å². The zero-order valence-electron chi connectivity index (χ0n) is 14.0. The first-order valence-electron chi connectivity index (χ1n) is 8.26. The van der Waals surface area contributed by atoms with Crippen LogP contribution in [0, 0.1) is 19.8 Å². The van der Waals surface area contributed by atoms with Crippen molar-refractivity contribution >= 4 is 28.5 Å².